The van der Waals surface area contributed by atoms with Gasteiger partial charge in [-0.3, -0.25) is 0 Å². The molecule has 0 aliphatic rings. The summed E-state index contributed by atoms with van der Waals surface area (Å²) in [5.41, 5.74) is 7.09. The van der Waals surface area contributed by atoms with Gasteiger partial charge in [0.1, 0.15) is 0 Å². The molecule has 0 saturated heterocycles. The van der Waals surface area contributed by atoms with Gasteiger partial charge in [-0.1, -0.05) is 0 Å². The summed E-state index contributed by atoms with van der Waals surface area (Å²) in [6.07, 6.45) is -3.67. The van der Waals surface area contributed by atoms with Crippen LogP contribution in [-0.2, 0) is 12.6 Å². The van der Waals surface area contributed by atoms with Gasteiger partial charge in [0, 0.05) is 12.1 Å². The predicted octanol–water partition coefficient (Wildman–Crippen LogP) is 2.70. The first-order valence-corrected chi connectivity index (χ1v) is 5.85. The Kier molecular flexibility index (Phi) is 3.61. The Morgan fingerprint density at radius 3 is 2.37 bits per heavy atom. The van der Waals surface area contributed by atoms with Crippen LogP contribution < -0.4 is 5.73 Å². The topological polar surface area (TPSA) is 43.8 Å². The highest BCUT2D eigenvalue weighted by Gasteiger charge is 2.30. The van der Waals surface area contributed by atoms with E-state index in [2.05, 4.69) is 5.10 Å². The molecule has 19 heavy (non-hydrogen) atoms. The number of hydrogen-bond donors (Lipinski definition) is 1. The number of nitrogens with two attached hydrogens (primary N) is 1. The second-order valence-corrected chi connectivity index (χ2v) is 4.27. The smallest absolute Gasteiger partial charge is 0.330 e. The van der Waals surface area contributed by atoms with E-state index in [1.54, 1.807) is 4.68 Å². The van der Waals surface area contributed by atoms with Gasteiger partial charge in [-0.25, -0.2) is 4.68 Å². The Balaban J connectivity index is 2.32. The minimum atomic E-state index is -4.32. The van der Waals surface area contributed by atoms with E-state index in [1.165, 1.54) is 12.1 Å². The zero-order chi connectivity index (χ0) is 14.0. The normalized spacial score (nSPS) is 11.8. The van der Waals surface area contributed by atoms with Crippen LogP contribution in [0.2, 0.25) is 0 Å². The number of halogens is 3. The zero-order valence-corrected chi connectivity index (χ0v) is 10.4. The number of aromatic nitrogens is 2. The second kappa shape index (κ2) is 5.05. The number of nitrogens with zero attached hydrogens (tertiary/aromatic N) is 2. The predicted molar refractivity (Wildman–Crippen MR) is 66.1 cm³/mol. The molecule has 3 nitrogen and oxygen atoms in total. The van der Waals surface area contributed by atoms with Crippen molar-refractivity contribution in [2.45, 2.75) is 19.5 Å². The third-order valence-electron chi connectivity index (χ3n) is 2.78. The summed E-state index contributed by atoms with van der Waals surface area (Å²) in [7, 11) is 0. The molecule has 0 radical (unpaired) electrons. The van der Waals surface area contributed by atoms with Crippen LogP contribution in [-0.4, -0.2) is 16.3 Å². The molecule has 0 spiro atoms. The zero-order valence-electron chi connectivity index (χ0n) is 10.4. The highest BCUT2D eigenvalue weighted by atomic mass is 19.4. The molecule has 2 N–H and O–H groups in total. The first-order chi connectivity index (χ1) is 8.91. The van der Waals surface area contributed by atoms with Crippen molar-refractivity contribution < 1.29 is 13.2 Å². The summed E-state index contributed by atoms with van der Waals surface area (Å²) in [6.45, 7) is 2.34. The highest BCUT2D eigenvalue weighted by Crippen LogP contribution is 2.29. The lowest BCUT2D eigenvalue weighted by Gasteiger charge is -2.08. The van der Waals surface area contributed by atoms with Gasteiger partial charge in [0.05, 0.1) is 16.9 Å². The highest BCUT2D eigenvalue weighted by molar-refractivity contribution is 5.36. The minimum Gasteiger partial charge on any atom is -0.330 e. The maximum absolute atomic E-state index is 12.5. The van der Waals surface area contributed by atoms with Crippen LogP contribution in [0, 0.1) is 6.92 Å². The van der Waals surface area contributed by atoms with E-state index in [-0.39, 0.29) is 0 Å². The van der Waals surface area contributed by atoms with Gasteiger partial charge >= 0.3 is 6.18 Å². The van der Waals surface area contributed by atoms with Crippen molar-refractivity contribution in [3.05, 3.63) is 47.3 Å². The van der Waals surface area contributed by atoms with Crippen molar-refractivity contribution >= 4 is 0 Å². The van der Waals surface area contributed by atoms with Gasteiger partial charge in [-0.15, -0.1) is 0 Å². The van der Waals surface area contributed by atoms with Gasteiger partial charge < -0.3 is 5.73 Å². The van der Waals surface area contributed by atoms with Crippen LogP contribution >= 0.6 is 0 Å². The van der Waals surface area contributed by atoms with Crippen LogP contribution in [0.5, 0.6) is 0 Å². The average Bonchev–Trinajstić information content (AvgIpc) is 2.70. The summed E-state index contributed by atoms with van der Waals surface area (Å²) < 4.78 is 39.0. The fraction of sp³-hybridized carbons (Fsp3) is 0.308. The Morgan fingerprint density at radius 2 is 1.84 bits per heavy atom. The summed E-state index contributed by atoms with van der Waals surface area (Å²) >= 11 is 0. The lowest BCUT2D eigenvalue weighted by atomic mass is 10.2. The molecule has 0 fully saturated rings. The Bertz CT molecular complexity index is 556. The molecule has 6 heteroatoms. The van der Waals surface area contributed by atoms with Crippen molar-refractivity contribution in [1.82, 2.24) is 9.78 Å². The summed E-state index contributed by atoms with van der Waals surface area (Å²) in [6, 6.07) is 6.81. The molecular weight excluding hydrogens is 255 g/mol. The van der Waals surface area contributed by atoms with Crippen LogP contribution in [0.1, 0.15) is 17.0 Å². The Morgan fingerprint density at radius 1 is 1.21 bits per heavy atom. The molecule has 0 atom stereocenters. The number of benzene rings is 1. The van der Waals surface area contributed by atoms with Gasteiger partial charge in [-0.05, 0) is 43.8 Å². The van der Waals surface area contributed by atoms with Crippen molar-refractivity contribution in [3.8, 4) is 5.69 Å². The Hall–Kier alpha value is -1.82. The van der Waals surface area contributed by atoms with E-state index in [0.717, 1.165) is 23.5 Å². The lowest BCUT2D eigenvalue weighted by molar-refractivity contribution is -0.137. The van der Waals surface area contributed by atoms with Crippen molar-refractivity contribution in [1.29, 1.82) is 0 Å². The quantitative estimate of drug-likeness (QED) is 0.931. The van der Waals surface area contributed by atoms with Gasteiger partial charge in [0.25, 0.3) is 0 Å². The van der Waals surface area contributed by atoms with E-state index < -0.39 is 11.7 Å². The van der Waals surface area contributed by atoms with Crippen molar-refractivity contribution in [3.63, 3.8) is 0 Å². The molecule has 2 rings (SSSR count). The summed E-state index contributed by atoms with van der Waals surface area (Å²) in [5.74, 6) is 0. The number of hydrogen-bond acceptors (Lipinski definition) is 2. The maximum Gasteiger partial charge on any atom is 0.416 e. The van der Waals surface area contributed by atoms with Gasteiger partial charge in [-0.2, -0.15) is 18.3 Å². The van der Waals surface area contributed by atoms with E-state index in [1.807, 2.05) is 13.0 Å². The summed E-state index contributed by atoms with van der Waals surface area (Å²) in [4.78, 5) is 0. The first-order valence-electron chi connectivity index (χ1n) is 5.85. The third kappa shape index (κ3) is 2.96. The maximum atomic E-state index is 12.5. The standard InChI is InChI=1S/C13H14F3N3/c1-9-8-11(6-7-17)18-19(9)12-4-2-10(3-5-12)13(14,15)16/h2-5,8H,6-7,17H2,1H3. The van der Waals surface area contributed by atoms with Crippen LogP contribution in [0.3, 0.4) is 0 Å². The third-order valence-corrected chi connectivity index (χ3v) is 2.78. The Labute approximate surface area is 108 Å². The number of rotatable bonds is 3. The van der Waals surface area contributed by atoms with Crippen LogP contribution in [0.25, 0.3) is 5.69 Å². The molecule has 0 unspecified atom stereocenters. The fourth-order valence-corrected chi connectivity index (χ4v) is 1.86. The van der Waals surface area contributed by atoms with Crippen molar-refractivity contribution in [2.75, 3.05) is 6.54 Å². The monoisotopic (exact) mass is 269 g/mol. The molecule has 1 aromatic carbocycles. The second-order valence-electron chi connectivity index (χ2n) is 4.27. The molecule has 2 aromatic rings. The molecule has 0 amide bonds. The van der Waals surface area contributed by atoms with Crippen LogP contribution in [0.4, 0.5) is 13.2 Å². The molecule has 102 valence electrons. The van der Waals surface area contributed by atoms with Crippen molar-refractivity contribution in [2.24, 2.45) is 5.73 Å². The molecule has 0 aliphatic heterocycles. The minimum absolute atomic E-state index is 0.490. The average molecular weight is 269 g/mol. The van der Waals surface area contributed by atoms with E-state index in [9.17, 15) is 13.2 Å². The van der Waals surface area contributed by atoms with Gasteiger partial charge in [0.15, 0.2) is 0 Å². The fourth-order valence-electron chi connectivity index (χ4n) is 1.86. The SMILES string of the molecule is Cc1cc(CCN)nn1-c1ccc(C(F)(F)F)cc1. The summed E-state index contributed by atoms with van der Waals surface area (Å²) in [5, 5.41) is 4.32. The molecule has 1 heterocycles. The van der Waals surface area contributed by atoms with E-state index in [0.29, 0.717) is 18.7 Å². The molecular formula is C13H14F3N3. The largest absolute Gasteiger partial charge is 0.416 e. The molecule has 0 bridgehead atoms. The molecule has 0 aliphatic carbocycles. The van der Waals surface area contributed by atoms with Gasteiger partial charge in [0.2, 0.25) is 0 Å². The molecule has 0 saturated carbocycles. The van der Waals surface area contributed by atoms with Crippen LogP contribution in [0.15, 0.2) is 30.3 Å². The lowest BCUT2D eigenvalue weighted by Crippen LogP contribution is -2.06. The first kappa shape index (κ1) is 13.6. The van der Waals surface area contributed by atoms with E-state index in [4.69, 9.17) is 5.73 Å². The molecule has 1 aromatic heterocycles. The number of aryl methyl sites for hydroxylation is 1. The number of alkyl halides is 3. The van der Waals surface area contributed by atoms with E-state index >= 15 is 0 Å².